The molecule has 0 fully saturated rings. The quantitative estimate of drug-likeness (QED) is 0.231. The average Bonchev–Trinajstić information content (AvgIpc) is 3.45. The highest BCUT2D eigenvalue weighted by atomic mass is 15.0. The number of benzene rings is 5. The lowest BCUT2D eigenvalue weighted by molar-refractivity contribution is 0.963. The average molecular weight is 568 g/mol. The van der Waals surface area contributed by atoms with Crippen LogP contribution in [0.5, 0.6) is 0 Å². The van der Waals surface area contributed by atoms with E-state index >= 15 is 0 Å². The van der Waals surface area contributed by atoms with E-state index in [2.05, 4.69) is 94.8 Å². The summed E-state index contributed by atoms with van der Waals surface area (Å²) in [5, 5.41) is 4.97. The predicted octanol–water partition coefficient (Wildman–Crippen LogP) is 9.00. The maximum atomic E-state index is 4.98. The van der Waals surface area contributed by atoms with Gasteiger partial charge in [0.05, 0.1) is 17.8 Å². The summed E-state index contributed by atoms with van der Waals surface area (Å²) in [6.45, 7) is 0.692. The Bertz CT molecular complexity index is 2090. The van der Waals surface area contributed by atoms with Crippen LogP contribution in [-0.2, 0) is 13.0 Å². The van der Waals surface area contributed by atoms with Crippen LogP contribution >= 0.6 is 0 Å². The first-order chi connectivity index (χ1) is 21.8. The highest BCUT2D eigenvalue weighted by molar-refractivity contribution is 5.93. The molecule has 7 aromatic rings. The summed E-state index contributed by atoms with van der Waals surface area (Å²) in [5.41, 5.74) is 9.99. The molecular weight excluding hydrogens is 538 g/mol. The van der Waals surface area contributed by atoms with Crippen molar-refractivity contribution in [2.45, 2.75) is 13.0 Å². The minimum absolute atomic E-state index is 0.641. The van der Waals surface area contributed by atoms with Crippen molar-refractivity contribution in [2.24, 2.45) is 0 Å². The Hall–Kier alpha value is -5.81. The van der Waals surface area contributed by atoms with Crippen LogP contribution < -0.4 is 5.32 Å². The van der Waals surface area contributed by atoms with Gasteiger partial charge >= 0.3 is 0 Å². The van der Waals surface area contributed by atoms with E-state index < -0.39 is 0 Å². The second-order valence-corrected chi connectivity index (χ2v) is 10.9. The molecular formula is C39H29N5. The maximum absolute atomic E-state index is 4.98. The Morgan fingerprint density at radius 3 is 1.93 bits per heavy atom. The van der Waals surface area contributed by atoms with Crippen LogP contribution in [0.2, 0.25) is 0 Å². The molecule has 2 aromatic heterocycles. The zero-order valence-electron chi connectivity index (χ0n) is 24.1. The third-order valence-electron chi connectivity index (χ3n) is 8.16. The third kappa shape index (κ3) is 4.74. The Morgan fingerprint density at radius 2 is 1.18 bits per heavy atom. The largest absolute Gasteiger partial charge is 0.379 e. The molecule has 5 aromatic carbocycles. The van der Waals surface area contributed by atoms with E-state index in [-0.39, 0.29) is 0 Å². The molecule has 0 bridgehead atoms. The van der Waals surface area contributed by atoms with Crippen molar-refractivity contribution in [2.75, 3.05) is 5.32 Å². The molecule has 0 radical (unpaired) electrons. The van der Waals surface area contributed by atoms with Crippen LogP contribution in [0, 0.1) is 0 Å². The maximum Gasteiger partial charge on any atom is 0.164 e. The summed E-state index contributed by atoms with van der Waals surface area (Å²) in [6.07, 6.45) is 5.44. The smallest absolute Gasteiger partial charge is 0.164 e. The van der Waals surface area contributed by atoms with Crippen molar-refractivity contribution >= 4 is 22.7 Å². The first kappa shape index (κ1) is 25.9. The number of nitrogens with zero attached hydrogens (tertiary/aromatic N) is 4. The molecule has 44 heavy (non-hydrogen) atoms. The van der Waals surface area contributed by atoms with Crippen LogP contribution in [0.3, 0.4) is 0 Å². The Morgan fingerprint density at radius 1 is 0.568 bits per heavy atom. The molecule has 5 nitrogen and oxygen atoms in total. The second kappa shape index (κ2) is 11.1. The summed E-state index contributed by atoms with van der Waals surface area (Å²) in [4.78, 5) is 14.8. The van der Waals surface area contributed by atoms with Gasteiger partial charge in [0.15, 0.2) is 17.5 Å². The number of aromatic nitrogens is 4. The number of rotatable bonds is 4. The van der Waals surface area contributed by atoms with Gasteiger partial charge in [0.1, 0.15) is 0 Å². The van der Waals surface area contributed by atoms with E-state index in [0.29, 0.717) is 24.0 Å². The van der Waals surface area contributed by atoms with Gasteiger partial charge in [0.2, 0.25) is 0 Å². The van der Waals surface area contributed by atoms with Gasteiger partial charge in [0, 0.05) is 39.0 Å². The van der Waals surface area contributed by atoms with Gasteiger partial charge in [-0.2, -0.15) is 0 Å². The Kier molecular flexibility index (Phi) is 6.54. The molecule has 0 saturated heterocycles. The number of nitrogens with one attached hydrogen (secondary N) is 1. The summed E-state index contributed by atoms with van der Waals surface area (Å²) < 4.78 is 2.37. The number of anilines is 1. The Balaban J connectivity index is 1.29. The van der Waals surface area contributed by atoms with Gasteiger partial charge < -0.3 is 9.88 Å². The summed E-state index contributed by atoms with van der Waals surface area (Å²) in [5.74, 6) is 1.95. The van der Waals surface area contributed by atoms with Crippen molar-refractivity contribution in [1.29, 1.82) is 0 Å². The summed E-state index contributed by atoms with van der Waals surface area (Å²) in [7, 11) is 0. The highest BCUT2D eigenvalue weighted by Crippen LogP contribution is 2.34. The van der Waals surface area contributed by atoms with E-state index in [1.807, 2.05) is 60.7 Å². The molecule has 1 aliphatic heterocycles. The standard InChI is InChI=1S/C39H29N5/c1-3-14-28(15-4-1)37-41-38(29-16-5-2-6-17-29)43-39(42-37)30-19-11-20-31(25-30)44-35-24-10-8-21-32(35)33-22-12-18-27-13-7-9-23-34(27)40-26-36(33)44/h1-17,19-25,40H,18,26H2. The molecule has 0 spiro atoms. The molecule has 0 saturated carbocycles. The fourth-order valence-corrected chi connectivity index (χ4v) is 6.05. The van der Waals surface area contributed by atoms with Gasteiger partial charge in [-0.15, -0.1) is 0 Å². The van der Waals surface area contributed by atoms with Crippen molar-refractivity contribution in [3.05, 3.63) is 156 Å². The fraction of sp³-hybridized carbons (Fsp3) is 0.0513. The number of allylic oxidation sites excluding steroid dienone is 1. The van der Waals surface area contributed by atoms with E-state index in [1.54, 1.807) is 0 Å². The van der Waals surface area contributed by atoms with Crippen LogP contribution in [0.4, 0.5) is 5.69 Å². The molecule has 0 unspecified atom stereocenters. The molecule has 5 heteroatoms. The van der Waals surface area contributed by atoms with Gasteiger partial charge in [0.25, 0.3) is 0 Å². The zero-order valence-corrected chi connectivity index (χ0v) is 24.1. The normalized spacial score (nSPS) is 12.5. The number of para-hydroxylation sites is 2. The second-order valence-electron chi connectivity index (χ2n) is 10.9. The van der Waals surface area contributed by atoms with E-state index in [1.165, 1.54) is 33.4 Å². The highest BCUT2D eigenvalue weighted by Gasteiger charge is 2.19. The molecule has 0 amide bonds. The molecule has 0 atom stereocenters. The molecule has 0 aliphatic carbocycles. The van der Waals surface area contributed by atoms with Crippen molar-refractivity contribution < 1.29 is 0 Å². The first-order valence-corrected chi connectivity index (χ1v) is 14.9. The molecule has 210 valence electrons. The van der Waals surface area contributed by atoms with Gasteiger partial charge in [-0.3, -0.25) is 0 Å². The van der Waals surface area contributed by atoms with Crippen molar-refractivity contribution in [1.82, 2.24) is 19.5 Å². The van der Waals surface area contributed by atoms with Crippen molar-refractivity contribution in [3.8, 4) is 39.9 Å². The van der Waals surface area contributed by atoms with Crippen LogP contribution in [0.1, 0.15) is 16.8 Å². The summed E-state index contributed by atoms with van der Waals surface area (Å²) in [6, 6.07) is 45.9. The monoisotopic (exact) mass is 567 g/mol. The van der Waals surface area contributed by atoms with Gasteiger partial charge in [-0.1, -0.05) is 121 Å². The zero-order chi connectivity index (χ0) is 29.3. The minimum Gasteiger partial charge on any atom is -0.379 e. The van der Waals surface area contributed by atoms with Crippen LogP contribution in [-0.4, -0.2) is 19.5 Å². The molecule has 1 aliphatic rings. The predicted molar refractivity (Wildman–Crippen MR) is 179 cm³/mol. The Labute approximate surface area is 256 Å². The third-order valence-corrected chi connectivity index (χ3v) is 8.16. The van der Waals surface area contributed by atoms with Crippen molar-refractivity contribution in [3.63, 3.8) is 0 Å². The first-order valence-electron chi connectivity index (χ1n) is 14.9. The SMILES string of the molecule is C1=Cc2c(n(-c3cccc(-c4nc(-c5ccccc5)nc(-c5ccccc5)n4)c3)c3ccccc23)CNc2ccccc2C1. The van der Waals surface area contributed by atoms with Crippen LogP contribution in [0.25, 0.3) is 56.8 Å². The van der Waals surface area contributed by atoms with E-state index in [0.717, 1.165) is 28.8 Å². The van der Waals surface area contributed by atoms with Gasteiger partial charge in [-0.25, -0.2) is 15.0 Å². The molecule has 8 rings (SSSR count). The minimum atomic E-state index is 0.641. The number of fused-ring (bicyclic) bond motifs is 4. The number of hydrogen-bond donors (Lipinski definition) is 1. The lowest BCUT2D eigenvalue weighted by Crippen LogP contribution is -2.08. The molecule has 3 heterocycles. The van der Waals surface area contributed by atoms with Gasteiger partial charge in [-0.05, 0) is 36.2 Å². The number of hydrogen-bond acceptors (Lipinski definition) is 4. The lowest BCUT2D eigenvalue weighted by atomic mass is 10.1. The fourth-order valence-electron chi connectivity index (χ4n) is 6.05. The molecule has 1 N–H and O–H groups in total. The topological polar surface area (TPSA) is 55.6 Å². The lowest BCUT2D eigenvalue weighted by Gasteiger charge is -2.15. The van der Waals surface area contributed by atoms with E-state index in [9.17, 15) is 0 Å². The van der Waals surface area contributed by atoms with Crippen LogP contribution in [0.15, 0.2) is 140 Å². The van der Waals surface area contributed by atoms with E-state index in [4.69, 9.17) is 15.0 Å². The summed E-state index contributed by atoms with van der Waals surface area (Å²) >= 11 is 0.